The molecule has 0 heterocycles. The highest BCUT2D eigenvalue weighted by molar-refractivity contribution is 6.31. The van der Waals surface area contributed by atoms with Gasteiger partial charge in [0.15, 0.2) is 6.10 Å². The number of hydrogen-bond acceptors (Lipinski definition) is 2. The number of carbonyl (C=O) groups is 1. The standard InChI is InChI=1S/C21H26ClNO2/c1-14-12-15(2)16(3)20(13-14)25-17(4)21(24)23-11-7-9-18-8-5-6-10-19(18)22/h5-6,8,10,12-13,17H,7,9,11H2,1-4H3,(H,23,24). The largest absolute Gasteiger partial charge is 0.481 e. The van der Waals surface area contributed by atoms with Crippen LogP contribution in [-0.2, 0) is 11.2 Å². The van der Waals surface area contributed by atoms with Crippen LogP contribution in [0.25, 0.3) is 0 Å². The highest BCUT2D eigenvalue weighted by atomic mass is 35.5. The number of hydrogen-bond donors (Lipinski definition) is 1. The van der Waals surface area contributed by atoms with Gasteiger partial charge in [-0.2, -0.15) is 0 Å². The van der Waals surface area contributed by atoms with Gasteiger partial charge in [0.05, 0.1) is 0 Å². The molecule has 3 nitrogen and oxygen atoms in total. The van der Waals surface area contributed by atoms with E-state index in [-0.39, 0.29) is 5.91 Å². The lowest BCUT2D eigenvalue weighted by molar-refractivity contribution is -0.127. The third-order valence-electron chi connectivity index (χ3n) is 4.32. The number of amides is 1. The molecule has 1 unspecified atom stereocenters. The maximum atomic E-state index is 12.2. The average molecular weight is 360 g/mol. The van der Waals surface area contributed by atoms with Crippen molar-refractivity contribution in [1.29, 1.82) is 0 Å². The van der Waals surface area contributed by atoms with Crippen molar-refractivity contribution < 1.29 is 9.53 Å². The Kier molecular flexibility index (Phi) is 6.89. The molecule has 134 valence electrons. The molecule has 0 aliphatic heterocycles. The van der Waals surface area contributed by atoms with E-state index >= 15 is 0 Å². The second-order valence-corrected chi connectivity index (χ2v) is 6.86. The number of aryl methyl sites for hydroxylation is 3. The minimum Gasteiger partial charge on any atom is -0.481 e. The van der Waals surface area contributed by atoms with Crippen LogP contribution in [0.15, 0.2) is 36.4 Å². The molecule has 0 saturated carbocycles. The predicted molar refractivity (Wildman–Crippen MR) is 104 cm³/mol. The van der Waals surface area contributed by atoms with Crippen molar-refractivity contribution >= 4 is 17.5 Å². The Morgan fingerprint density at radius 2 is 1.92 bits per heavy atom. The molecule has 0 bridgehead atoms. The summed E-state index contributed by atoms with van der Waals surface area (Å²) in [5.41, 5.74) is 4.48. The van der Waals surface area contributed by atoms with Gasteiger partial charge in [-0.05, 0) is 74.9 Å². The van der Waals surface area contributed by atoms with Gasteiger partial charge in [0.25, 0.3) is 5.91 Å². The fourth-order valence-electron chi connectivity index (χ4n) is 2.70. The topological polar surface area (TPSA) is 38.3 Å². The van der Waals surface area contributed by atoms with E-state index in [1.54, 1.807) is 6.92 Å². The molecule has 0 spiro atoms. The van der Waals surface area contributed by atoms with Crippen molar-refractivity contribution in [3.8, 4) is 5.75 Å². The summed E-state index contributed by atoms with van der Waals surface area (Å²) in [6.07, 6.45) is 1.15. The second-order valence-electron chi connectivity index (χ2n) is 6.45. The van der Waals surface area contributed by atoms with Crippen LogP contribution in [0.4, 0.5) is 0 Å². The van der Waals surface area contributed by atoms with Crippen LogP contribution in [0, 0.1) is 20.8 Å². The number of carbonyl (C=O) groups excluding carboxylic acids is 1. The van der Waals surface area contributed by atoms with Gasteiger partial charge in [-0.3, -0.25) is 4.79 Å². The van der Waals surface area contributed by atoms with E-state index in [1.807, 2.05) is 44.2 Å². The lowest BCUT2D eigenvalue weighted by atomic mass is 10.1. The van der Waals surface area contributed by atoms with E-state index in [4.69, 9.17) is 16.3 Å². The van der Waals surface area contributed by atoms with Gasteiger partial charge >= 0.3 is 0 Å². The zero-order valence-electron chi connectivity index (χ0n) is 15.4. The molecule has 0 aromatic heterocycles. The van der Waals surface area contributed by atoms with E-state index in [9.17, 15) is 4.79 Å². The van der Waals surface area contributed by atoms with Gasteiger partial charge in [-0.1, -0.05) is 35.9 Å². The van der Waals surface area contributed by atoms with Crippen molar-refractivity contribution in [2.45, 2.75) is 46.6 Å². The number of halogens is 1. The molecule has 1 amide bonds. The number of ether oxygens (including phenoxy) is 1. The van der Waals surface area contributed by atoms with E-state index in [0.717, 1.165) is 40.3 Å². The third kappa shape index (κ3) is 5.50. The van der Waals surface area contributed by atoms with Crippen molar-refractivity contribution in [2.24, 2.45) is 0 Å². The molecule has 0 fully saturated rings. The lowest BCUT2D eigenvalue weighted by Crippen LogP contribution is -2.37. The first-order valence-electron chi connectivity index (χ1n) is 8.64. The first-order valence-corrected chi connectivity index (χ1v) is 9.02. The van der Waals surface area contributed by atoms with Crippen LogP contribution in [-0.4, -0.2) is 18.6 Å². The summed E-state index contributed by atoms with van der Waals surface area (Å²) in [7, 11) is 0. The summed E-state index contributed by atoms with van der Waals surface area (Å²) < 4.78 is 5.87. The highest BCUT2D eigenvalue weighted by Crippen LogP contribution is 2.24. The Morgan fingerprint density at radius 3 is 2.64 bits per heavy atom. The number of benzene rings is 2. The molecule has 25 heavy (non-hydrogen) atoms. The van der Waals surface area contributed by atoms with Crippen LogP contribution in [0.3, 0.4) is 0 Å². The average Bonchev–Trinajstić information content (AvgIpc) is 2.57. The number of rotatable bonds is 7. The summed E-state index contributed by atoms with van der Waals surface area (Å²) in [5.74, 6) is 0.675. The molecule has 2 aromatic rings. The molecule has 0 saturated heterocycles. The third-order valence-corrected chi connectivity index (χ3v) is 4.69. The Bertz CT molecular complexity index is 743. The monoisotopic (exact) mass is 359 g/mol. The van der Waals surface area contributed by atoms with Gasteiger partial charge in [0.2, 0.25) is 0 Å². The summed E-state index contributed by atoms with van der Waals surface area (Å²) in [6.45, 7) is 8.47. The van der Waals surface area contributed by atoms with E-state index in [1.165, 1.54) is 5.56 Å². The minimum atomic E-state index is -0.528. The van der Waals surface area contributed by atoms with Crippen molar-refractivity contribution in [2.75, 3.05) is 6.54 Å². The molecule has 1 atom stereocenters. The van der Waals surface area contributed by atoms with Crippen LogP contribution >= 0.6 is 11.6 Å². The second kappa shape index (κ2) is 8.91. The summed E-state index contributed by atoms with van der Waals surface area (Å²) in [4.78, 5) is 12.2. The van der Waals surface area contributed by atoms with E-state index < -0.39 is 6.10 Å². The Labute approximate surface area is 155 Å². The zero-order chi connectivity index (χ0) is 18.4. The Hall–Kier alpha value is -2.00. The smallest absolute Gasteiger partial charge is 0.260 e. The molecular weight excluding hydrogens is 334 g/mol. The highest BCUT2D eigenvalue weighted by Gasteiger charge is 2.16. The SMILES string of the molecule is Cc1cc(C)c(C)c(OC(C)C(=O)NCCCc2ccccc2Cl)c1. The van der Waals surface area contributed by atoms with Crippen LogP contribution in [0.5, 0.6) is 5.75 Å². The quantitative estimate of drug-likeness (QED) is 0.722. The van der Waals surface area contributed by atoms with E-state index in [0.29, 0.717) is 6.54 Å². The van der Waals surface area contributed by atoms with E-state index in [2.05, 4.69) is 18.3 Å². The van der Waals surface area contributed by atoms with Crippen LogP contribution in [0.2, 0.25) is 5.02 Å². The maximum Gasteiger partial charge on any atom is 0.260 e. The van der Waals surface area contributed by atoms with Crippen molar-refractivity contribution in [1.82, 2.24) is 5.32 Å². The van der Waals surface area contributed by atoms with Gasteiger partial charge in [0.1, 0.15) is 5.75 Å². The van der Waals surface area contributed by atoms with Gasteiger partial charge in [0, 0.05) is 11.6 Å². The van der Waals surface area contributed by atoms with Crippen molar-refractivity contribution in [3.05, 3.63) is 63.7 Å². The summed E-state index contributed by atoms with van der Waals surface area (Å²) in [5, 5.41) is 3.71. The normalized spacial score (nSPS) is 11.9. The molecular formula is C21H26ClNO2. The molecule has 4 heteroatoms. The van der Waals surface area contributed by atoms with Gasteiger partial charge < -0.3 is 10.1 Å². The number of nitrogens with one attached hydrogen (secondary N) is 1. The predicted octanol–water partition coefficient (Wildman–Crippen LogP) is 4.78. The minimum absolute atomic E-state index is 0.0993. The molecule has 1 N–H and O–H groups in total. The van der Waals surface area contributed by atoms with Crippen molar-refractivity contribution in [3.63, 3.8) is 0 Å². The van der Waals surface area contributed by atoms with Crippen LogP contribution < -0.4 is 10.1 Å². The Balaban J connectivity index is 1.82. The van der Waals surface area contributed by atoms with Gasteiger partial charge in [-0.25, -0.2) is 0 Å². The molecule has 0 radical (unpaired) electrons. The molecule has 2 rings (SSSR count). The molecule has 0 aliphatic rings. The first kappa shape index (κ1) is 19.3. The fourth-order valence-corrected chi connectivity index (χ4v) is 2.93. The zero-order valence-corrected chi connectivity index (χ0v) is 16.1. The maximum absolute atomic E-state index is 12.2. The fraction of sp³-hybridized carbons (Fsp3) is 0.381. The van der Waals surface area contributed by atoms with Crippen LogP contribution in [0.1, 0.15) is 35.6 Å². The lowest BCUT2D eigenvalue weighted by Gasteiger charge is -2.18. The summed E-state index contributed by atoms with van der Waals surface area (Å²) >= 11 is 6.14. The molecule has 2 aromatic carbocycles. The molecule has 0 aliphatic carbocycles. The van der Waals surface area contributed by atoms with Gasteiger partial charge in [-0.15, -0.1) is 0 Å². The first-order chi connectivity index (χ1) is 11.9. The summed E-state index contributed by atoms with van der Waals surface area (Å²) in [6, 6.07) is 11.9. The Morgan fingerprint density at radius 1 is 1.20 bits per heavy atom.